The van der Waals surface area contributed by atoms with Gasteiger partial charge in [-0.1, -0.05) is 18.2 Å². The minimum Gasteiger partial charge on any atom is -0.389 e. The van der Waals surface area contributed by atoms with Gasteiger partial charge in [0.15, 0.2) is 0 Å². The summed E-state index contributed by atoms with van der Waals surface area (Å²) >= 11 is 0. The molecule has 0 saturated heterocycles. The molecule has 2 N–H and O–H groups in total. The molecule has 1 heterocycles. The Morgan fingerprint density at radius 1 is 1.32 bits per heavy atom. The monoisotopic (exact) mass is 302 g/mol. The Hall–Kier alpha value is -2.14. The molecule has 22 heavy (non-hydrogen) atoms. The number of fused-ring (bicyclic) bond motifs is 1. The van der Waals surface area contributed by atoms with Gasteiger partial charge in [-0.3, -0.25) is 9.59 Å². The van der Waals surface area contributed by atoms with Crippen molar-refractivity contribution in [2.24, 2.45) is 0 Å². The average Bonchev–Trinajstić information content (AvgIpc) is 2.43. The van der Waals surface area contributed by atoms with E-state index in [-0.39, 0.29) is 18.0 Å². The van der Waals surface area contributed by atoms with Gasteiger partial charge in [-0.25, -0.2) is 0 Å². The number of hydrogen-bond acceptors (Lipinski definition) is 3. The number of carbonyl (C=O) groups is 1. The minimum atomic E-state index is -1.01. The van der Waals surface area contributed by atoms with E-state index in [1.807, 2.05) is 31.2 Å². The molecule has 118 valence electrons. The van der Waals surface area contributed by atoms with Crippen LogP contribution in [-0.4, -0.2) is 39.6 Å². The van der Waals surface area contributed by atoms with E-state index in [9.17, 15) is 14.7 Å². The number of carbonyl (C=O) groups excluding carboxylic acids is 1. The van der Waals surface area contributed by atoms with Crippen molar-refractivity contribution in [1.82, 2.24) is 9.88 Å². The number of rotatable bonds is 4. The second kappa shape index (κ2) is 5.93. The van der Waals surface area contributed by atoms with E-state index < -0.39 is 11.2 Å². The zero-order valence-electron chi connectivity index (χ0n) is 13.4. The molecule has 0 atom stereocenters. The lowest BCUT2D eigenvalue weighted by Crippen LogP contribution is -2.44. The van der Waals surface area contributed by atoms with Crippen LogP contribution in [0.1, 0.15) is 36.7 Å². The van der Waals surface area contributed by atoms with E-state index in [0.29, 0.717) is 17.6 Å². The molecule has 0 saturated carbocycles. The van der Waals surface area contributed by atoms with Crippen LogP contribution >= 0.6 is 0 Å². The highest BCUT2D eigenvalue weighted by Gasteiger charge is 2.25. The van der Waals surface area contributed by atoms with Crippen LogP contribution in [-0.2, 0) is 0 Å². The average molecular weight is 302 g/mol. The first-order chi connectivity index (χ1) is 10.2. The highest BCUT2D eigenvalue weighted by Crippen LogP contribution is 2.18. The largest absolute Gasteiger partial charge is 0.389 e. The van der Waals surface area contributed by atoms with Crippen LogP contribution in [0.5, 0.6) is 0 Å². The molecular weight excluding hydrogens is 280 g/mol. The molecule has 2 aromatic rings. The third-order valence-electron chi connectivity index (χ3n) is 3.64. The van der Waals surface area contributed by atoms with Crippen molar-refractivity contribution in [2.45, 2.75) is 33.3 Å². The molecule has 0 aliphatic carbocycles. The lowest BCUT2D eigenvalue weighted by molar-refractivity contribution is 0.0313. The molecule has 0 radical (unpaired) electrons. The minimum absolute atomic E-state index is 0.143. The lowest BCUT2D eigenvalue weighted by Gasteiger charge is -2.28. The maximum Gasteiger partial charge on any atom is 0.261 e. The van der Waals surface area contributed by atoms with Crippen LogP contribution < -0.4 is 5.56 Å². The Bertz CT molecular complexity index is 757. The number of aromatic nitrogens is 1. The molecule has 1 aromatic carbocycles. The summed E-state index contributed by atoms with van der Waals surface area (Å²) in [5.74, 6) is -0.353. The van der Waals surface area contributed by atoms with Crippen LogP contribution in [0.2, 0.25) is 0 Å². The summed E-state index contributed by atoms with van der Waals surface area (Å²) in [6, 6.07) is 7.40. The Kier molecular flexibility index (Phi) is 4.37. The molecule has 0 aliphatic heterocycles. The number of H-pyrrole nitrogens is 1. The smallest absolute Gasteiger partial charge is 0.261 e. The fourth-order valence-corrected chi connectivity index (χ4v) is 2.62. The maximum absolute atomic E-state index is 12.7. The number of nitrogens with one attached hydrogen (secondary N) is 1. The van der Waals surface area contributed by atoms with E-state index in [0.717, 1.165) is 5.39 Å². The van der Waals surface area contributed by atoms with Gasteiger partial charge in [-0.15, -0.1) is 0 Å². The summed E-state index contributed by atoms with van der Waals surface area (Å²) < 4.78 is 0. The van der Waals surface area contributed by atoms with Crippen molar-refractivity contribution in [2.75, 3.05) is 13.1 Å². The van der Waals surface area contributed by atoms with Gasteiger partial charge in [0.2, 0.25) is 0 Å². The summed E-state index contributed by atoms with van der Waals surface area (Å²) in [7, 11) is 0. The van der Waals surface area contributed by atoms with E-state index in [4.69, 9.17) is 0 Å². The van der Waals surface area contributed by atoms with Gasteiger partial charge in [-0.05, 0) is 39.3 Å². The third kappa shape index (κ3) is 3.20. The van der Waals surface area contributed by atoms with E-state index >= 15 is 0 Å². The number of pyridine rings is 1. The van der Waals surface area contributed by atoms with Crippen molar-refractivity contribution in [1.29, 1.82) is 0 Å². The molecule has 2 rings (SSSR count). The molecule has 0 fully saturated rings. The number of aliphatic hydroxyl groups is 1. The van der Waals surface area contributed by atoms with Crippen molar-refractivity contribution < 1.29 is 9.90 Å². The second-order valence-corrected chi connectivity index (χ2v) is 6.13. The van der Waals surface area contributed by atoms with E-state index in [2.05, 4.69) is 4.98 Å². The fraction of sp³-hybridized carbons (Fsp3) is 0.412. The van der Waals surface area contributed by atoms with Gasteiger partial charge < -0.3 is 15.0 Å². The SMILES string of the molecule is CCN(CC(C)(C)O)C(=O)c1c(C)c2ccccc2[nH]c1=O. The maximum atomic E-state index is 12.7. The summed E-state index contributed by atoms with van der Waals surface area (Å²) in [6.45, 7) is 7.49. The highest BCUT2D eigenvalue weighted by molar-refractivity contribution is 5.99. The number of amides is 1. The molecule has 5 nitrogen and oxygen atoms in total. The van der Waals surface area contributed by atoms with Gasteiger partial charge in [0.05, 0.1) is 5.60 Å². The topological polar surface area (TPSA) is 73.4 Å². The first-order valence-electron chi connectivity index (χ1n) is 7.38. The first-order valence-corrected chi connectivity index (χ1v) is 7.38. The Morgan fingerprint density at radius 2 is 1.95 bits per heavy atom. The zero-order chi connectivity index (χ0) is 16.5. The predicted octanol–water partition coefficient (Wildman–Crippen LogP) is 2.07. The molecule has 0 aliphatic rings. The molecule has 0 unspecified atom stereocenters. The van der Waals surface area contributed by atoms with E-state index in [1.54, 1.807) is 20.8 Å². The van der Waals surface area contributed by atoms with Crippen molar-refractivity contribution in [3.05, 3.63) is 45.7 Å². The molecule has 5 heteroatoms. The van der Waals surface area contributed by atoms with Crippen LogP contribution in [0.4, 0.5) is 0 Å². The molecule has 0 spiro atoms. The van der Waals surface area contributed by atoms with Crippen LogP contribution in [0.15, 0.2) is 29.1 Å². The second-order valence-electron chi connectivity index (χ2n) is 6.13. The zero-order valence-corrected chi connectivity index (χ0v) is 13.4. The Balaban J connectivity index is 2.54. The van der Waals surface area contributed by atoms with Crippen molar-refractivity contribution in [3.63, 3.8) is 0 Å². The number of likely N-dealkylation sites (N-methyl/N-ethyl adjacent to an activating group) is 1. The highest BCUT2D eigenvalue weighted by atomic mass is 16.3. The van der Waals surface area contributed by atoms with Crippen molar-refractivity contribution in [3.8, 4) is 0 Å². The summed E-state index contributed by atoms with van der Waals surface area (Å²) in [4.78, 5) is 29.3. The van der Waals surface area contributed by atoms with Gasteiger partial charge in [-0.2, -0.15) is 0 Å². The number of para-hydroxylation sites is 1. The molecule has 1 amide bonds. The number of hydrogen-bond donors (Lipinski definition) is 2. The first kappa shape index (κ1) is 16.2. The quantitative estimate of drug-likeness (QED) is 0.908. The molecule has 0 bridgehead atoms. The van der Waals surface area contributed by atoms with Gasteiger partial charge in [0.1, 0.15) is 5.56 Å². The third-order valence-corrected chi connectivity index (χ3v) is 3.64. The normalized spacial score (nSPS) is 11.7. The predicted molar refractivity (Wildman–Crippen MR) is 87.2 cm³/mol. The summed E-state index contributed by atoms with van der Waals surface area (Å²) in [5, 5.41) is 10.8. The lowest BCUT2D eigenvalue weighted by atomic mass is 10.0. The van der Waals surface area contributed by atoms with Crippen LogP contribution in [0.25, 0.3) is 10.9 Å². The number of aryl methyl sites for hydroxylation is 1. The van der Waals surface area contributed by atoms with E-state index in [1.165, 1.54) is 4.90 Å². The van der Waals surface area contributed by atoms with Crippen LogP contribution in [0.3, 0.4) is 0 Å². The summed E-state index contributed by atoms with van der Waals surface area (Å²) in [6.07, 6.45) is 0. The van der Waals surface area contributed by atoms with Gasteiger partial charge in [0.25, 0.3) is 11.5 Å². The van der Waals surface area contributed by atoms with Crippen LogP contribution in [0, 0.1) is 6.92 Å². The Labute approximate surface area is 129 Å². The molecule has 1 aromatic heterocycles. The standard InChI is InChI=1S/C17H22N2O3/c1-5-19(10-17(3,4)22)16(21)14-11(2)12-8-6-7-9-13(12)18-15(14)20/h6-9,22H,5,10H2,1-4H3,(H,18,20). The van der Waals surface area contributed by atoms with Gasteiger partial charge in [0, 0.05) is 24.0 Å². The molecular formula is C17H22N2O3. The summed E-state index contributed by atoms with van der Waals surface area (Å²) in [5.41, 5.74) is 0.120. The number of aromatic amines is 1. The number of nitrogens with zero attached hydrogens (tertiary/aromatic N) is 1. The fourth-order valence-electron chi connectivity index (χ4n) is 2.62. The van der Waals surface area contributed by atoms with Gasteiger partial charge >= 0.3 is 0 Å². The van der Waals surface area contributed by atoms with Crippen molar-refractivity contribution >= 4 is 16.8 Å². The number of benzene rings is 1. The Morgan fingerprint density at radius 3 is 2.55 bits per heavy atom.